The highest BCUT2D eigenvalue weighted by molar-refractivity contribution is 7.16. The standard InChI is InChI=1S/C14H14ClNOS/c15-12-7-6-11(18-12)14(17)10-5-1-3-9-4-2-8-16-13(9)10/h2,4,6-8,10,14,17H,1,3,5H2. The number of hydrogen-bond acceptors (Lipinski definition) is 3. The summed E-state index contributed by atoms with van der Waals surface area (Å²) >= 11 is 7.39. The van der Waals surface area contributed by atoms with Gasteiger partial charge in [-0.25, -0.2) is 0 Å². The predicted octanol–water partition coefficient (Wildman–Crippen LogP) is 3.95. The van der Waals surface area contributed by atoms with Crippen LogP contribution >= 0.6 is 22.9 Å². The Morgan fingerprint density at radius 1 is 1.39 bits per heavy atom. The lowest BCUT2D eigenvalue weighted by atomic mass is 9.83. The zero-order valence-corrected chi connectivity index (χ0v) is 11.4. The van der Waals surface area contributed by atoms with Crippen LogP contribution in [-0.2, 0) is 6.42 Å². The summed E-state index contributed by atoms with van der Waals surface area (Å²) in [5, 5.41) is 10.5. The van der Waals surface area contributed by atoms with Crippen molar-refractivity contribution in [3.8, 4) is 0 Å². The van der Waals surface area contributed by atoms with Gasteiger partial charge in [0.25, 0.3) is 0 Å². The molecule has 1 aliphatic carbocycles. The zero-order chi connectivity index (χ0) is 12.5. The van der Waals surface area contributed by atoms with Gasteiger partial charge in [-0.3, -0.25) is 4.98 Å². The third kappa shape index (κ3) is 2.18. The number of rotatable bonds is 2. The van der Waals surface area contributed by atoms with Crippen LogP contribution in [0.3, 0.4) is 0 Å². The van der Waals surface area contributed by atoms with Gasteiger partial charge in [-0.2, -0.15) is 0 Å². The average Bonchev–Trinajstić information content (AvgIpc) is 2.84. The number of aromatic nitrogens is 1. The Labute approximate surface area is 115 Å². The lowest BCUT2D eigenvalue weighted by molar-refractivity contribution is 0.137. The van der Waals surface area contributed by atoms with Crippen LogP contribution in [0.2, 0.25) is 4.34 Å². The van der Waals surface area contributed by atoms with Gasteiger partial charge < -0.3 is 5.11 Å². The molecular weight excluding hydrogens is 266 g/mol. The second-order valence-corrected chi connectivity index (χ2v) is 6.38. The van der Waals surface area contributed by atoms with Crippen LogP contribution in [-0.4, -0.2) is 10.1 Å². The predicted molar refractivity (Wildman–Crippen MR) is 74.2 cm³/mol. The molecule has 0 aliphatic heterocycles. The van der Waals surface area contributed by atoms with Crippen molar-refractivity contribution >= 4 is 22.9 Å². The van der Waals surface area contributed by atoms with Crippen LogP contribution in [0.15, 0.2) is 30.5 Å². The van der Waals surface area contributed by atoms with E-state index in [2.05, 4.69) is 11.1 Å². The SMILES string of the molecule is OC(c1ccc(Cl)s1)C1CCCc2cccnc21. The third-order valence-electron chi connectivity index (χ3n) is 3.51. The molecule has 2 nitrogen and oxygen atoms in total. The van der Waals surface area contributed by atoms with Gasteiger partial charge in [-0.1, -0.05) is 17.7 Å². The molecule has 94 valence electrons. The minimum Gasteiger partial charge on any atom is -0.387 e. The maximum absolute atomic E-state index is 10.5. The number of fused-ring (bicyclic) bond motifs is 1. The molecule has 0 amide bonds. The maximum atomic E-state index is 10.5. The van der Waals surface area contributed by atoms with E-state index in [1.54, 1.807) is 0 Å². The van der Waals surface area contributed by atoms with Crippen LogP contribution < -0.4 is 0 Å². The number of aryl methyl sites for hydroxylation is 1. The minimum atomic E-state index is -0.489. The Bertz CT molecular complexity index is 554. The van der Waals surface area contributed by atoms with E-state index in [4.69, 9.17) is 11.6 Å². The fourth-order valence-electron chi connectivity index (χ4n) is 2.64. The van der Waals surface area contributed by atoms with E-state index in [0.717, 1.165) is 34.2 Å². The number of hydrogen-bond donors (Lipinski definition) is 1. The molecule has 18 heavy (non-hydrogen) atoms. The lowest BCUT2D eigenvalue weighted by Crippen LogP contribution is -2.17. The first-order valence-corrected chi connectivity index (χ1v) is 7.32. The van der Waals surface area contributed by atoms with E-state index in [-0.39, 0.29) is 5.92 Å². The minimum absolute atomic E-state index is 0.102. The Balaban J connectivity index is 1.94. The summed E-state index contributed by atoms with van der Waals surface area (Å²) in [7, 11) is 0. The molecule has 0 bridgehead atoms. The van der Waals surface area contributed by atoms with Gasteiger partial charge in [0.15, 0.2) is 0 Å². The van der Waals surface area contributed by atoms with E-state index in [9.17, 15) is 5.11 Å². The monoisotopic (exact) mass is 279 g/mol. The fourth-order valence-corrected chi connectivity index (χ4v) is 3.75. The van der Waals surface area contributed by atoms with E-state index in [0.29, 0.717) is 0 Å². The normalized spacial score (nSPS) is 20.4. The molecule has 4 heteroatoms. The maximum Gasteiger partial charge on any atom is 0.0965 e. The number of thiophene rings is 1. The smallest absolute Gasteiger partial charge is 0.0965 e. The van der Waals surface area contributed by atoms with Gasteiger partial charge in [0, 0.05) is 22.7 Å². The molecule has 2 aromatic heterocycles. The van der Waals surface area contributed by atoms with Gasteiger partial charge in [0.1, 0.15) is 0 Å². The van der Waals surface area contributed by atoms with Gasteiger partial charge in [0.2, 0.25) is 0 Å². The lowest BCUT2D eigenvalue weighted by Gasteiger charge is -2.27. The largest absolute Gasteiger partial charge is 0.387 e. The van der Waals surface area contributed by atoms with Crippen molar-refractivity contribution in [1.82, 2.24) is 4.98 Å². The fraction of sp³-hybridized carbons (Fsp3) is 0.357. The molecule has 3 rings (SSSR count). The summed E-state index contributed by atoms with van der Waals surface area (Å²) in [6.07, 6.45) is 4.49. The zero-order valence-electron chi connectivity index (χ0n) is 9.84. The van der Waals surface area contributed by atoms with Crippen LogP contribution in [0, 0.1) is 0 Å². The van der Waals surface area contributed by atoms with Crippen molar-refractivity contribution in [2.45, 2.75) is 31.3 Å². The number of aliphatic hydroxyl groups is 1. The van der Waals surface area contributed by atoms with Crippen LogP contribution in [0.1, 0.15) is 41.0 Å². The highest BCUT2D eigenvalue weighted by atomic mass is 35.5. The highest BCUT2D eigenvalue weighted by Gasteiger charge is 2.29. The van der Waals surface area contributed by atoms with Crippen LogP contribution in [0.4, 0.5) is 0 Å². The highest BCUT2D eigenvalue weighted by Crippen LogP contribution is 2.41. The van der Waals surface area contributed by atoms with Gasteiger partial charge in [-0.15, -0.1) is 11.3 Å². The first kappa shape index (κ1) is 12.2. The molecule has 0 saturated carbocycles. The van der Waals surface area contributed by atoms with Crippen molar-refractivity contribution in [3.63, 3.8) is 0 Å². The van der Waals surface area contributed by atoms with Crippen molar-refractivity contribution in [1.29, 1.82) is 0 Å². The summed E-state index contributed by atoms with van der Waals surface area (Å²) in [5.74, 6) is 0.102. The first-order chi connectivity index (χ1) is 8.75. The van der Waals surface area contributed by atoms with Crippen LogP contribution in [0.5, 0.6) is 0 Å². The van der Waals surface area contributed by atoms with Crippen LogP contribution in [0.25, 0.3) is 0 Å². The summed E-state index contributed by atoms with van der Waals surface area (Å²) < 4.78 is 0.723. The molecule has 0 radical (unpaired) electrons. The van der Waals surface area contributed by atoms with E-state index in [1.165, 1.54) is 16.9 Å². The van der Waals surface area contributed by atoms with Gasteiger partial charge in [-0.05, 0) is 43.0 Å². The second-order valence-electron chi connectivity index (χ2n) is 4.63. The van der Waals surface area contributed by atoms with E-state index < -0.39 is 6.10 Å². The number of halogens is 1. The Kier molecular flexibility index (Phi) is 3.37. The summed E-state index contributed by atoms with van der Waals surface area (Å²) in [6, 6.07) is 7.83. The Morgan fingerprint density at radius 2 is 2.28 bits per heavy atom. The molecule has 2 aromatic rings. The van der Waals surface area contributed by atoms with Crippen molar-refractivity contribution in [2.75, 3.05) is 0 Å². The topological polar surface area (TPSA) is 33.1 Å². The molecule has 0 spiro atoms. The molecule has 2 heterocycles. The third-order valence-corrected chi connectivity index (χ3v) is 4.81. The van der Waals surface area contributed by atoms with Gasteiger partial charge in [0.05, 0.1) is 10.4 Å². The first-order valence-electron chi connectivity index (χ1n) is 6.13. The molecule has 0 aromatic carbocycles. The van der Waals surface area contributed by atoms with Crippen molar-refractivity contribution in [2.24, 2.45) is 0 Å². The molecule has 0 saturated heterocycles. The summed E-state index contributed by atoms with van der Waals surface area (Å²) in [4.78, 5) is 5.40. The van der Waals surface area contributed by atoms with E-state index >= 15 is 0 Å². The number of nitrogens with zero attached hydrogens (tertiary/aromatic N) is 1. The number of pyridine rings is 1. The quantitative estimate of drug-likeness (QED) is 0.903. The van der Waals surface area contributed by atoms with E-state index in [1.807, 2.05) is 24.4 Å². The average molecular weight is 280 g/mol. The van der Waals surface area contributed by atoms with Gasteiger partial charge >= 0.3 is 0 Å². The second kappa shape index (κ2) is 5.00. The Morgan fingerprint density at radius 3 is 3.06 bits per heavy atom. The summed E-state index contributed by atoms with van der Waals surface area (Å²) in [6.45, 7) is 0. The van der Waals surface area contributed by atoms with Crippen molar-refractivity contribution < 1.29 is 5.11 Å². The molecule has 0 fully saturated rings. The Hall–Kier alpha value is -0.900. The summed E-state index contributed by atoms with van der Waals surface area (Å²) in [5.41, 5.74) is 2.33. The molecule has 2 unspecified atom stereocenters. The number of aliphatic hydroxyl groups excluding tert-OH is 1. The molecule has 1 N–H and O–H groups in total. The molecule has 1 aliphatic rings. The molecular formula is C14H14ClNOS. The molecule has 2 atom stereocenters. The van der Waals surface area contributed by atoms with Crippen molar-refractivity contribution in [3.05, 3.63) is 50.9 Å².